The van der Waals surface area contributed by atoms with E-state index in [1.807, 2.05) is 0 Å². The molecule has 0 spiro atoms. The number of carbonyl (C=O) groups is 1. The third kappa shape index (κ3) is 4.13. The van der Waals surface area contributed by atoms with Crippen molar-refractivity contribution in [2.45, 2.75) is 25.3 Å². The van der Waals surface area contributed by atoms with E-state index in [9.17, 15) is 9.18 Å². The Balaban J connectivity index is 1.94. The van der Waals surface area contributed by atoms with Crippen LogP contribution in [-0.4, -0.2) is 30.8 Å². The number of hydrogen-bond acceptors (Lipinski definition) is 2. The maximum absolute atomic E-state index is 13.3. The molecule has 1 aliphatic rings. The van der Waals surface area contributed by atoms with Gasteiger partial charge in [-0.2, -0.15) is 0 Å². The fourth-order valence-electron chi connectivity index (χ4n) is 2.30. The summed E-state index contributed by atoms with van der Waals surface area (Å²) < 4.78 is 18.8. The third-order valence-corrected chi connectivity index (χ3v) is 4.41. The highest BCUT2D eigenvalue weighted by Crippen LogP contribution is 2.32. The molecule has 0 saturated heterocycles. The topological polar surface area (TPSA) is 38.3 Å². The van der Waals surface area contributed by atoms with Crippen molar-refractivity contribution in [2.75, 3.05) is 24.9 Å². The largest absolute Gasteiger partial charge is 0.493 e. The highest BCUT2D eigenvalue weighted by Gasteiger charge is 2.23. The summed E-state index contributed by atoms with van der Waals surface area (Å²) in [6.45, 7) is 0.553. The van der Waals surface area contributed by atoms with Gasteiger partial charge in [0.1, 0.15) is 17.3 Å². The van der Waals surface area contributed by atoms with Gasteiger partial charge in [0.25, 0.3) is 0 Å². The molecule has 1 unspecified atom stereocenters. The minimum atomic E-state index is -0.297. The molecule has 1 amide bonds. The van der Waals surface area contributed by atoms with Gasteiger partial charge >= 0.3 is 0 Å². The lowest BCUT2D eigenvalue weighted by Gasteiger charge is -2.26. The van der Waals surface area contributed by atoms with Gasteiger partial charge in [0.05, 0.1) is 25.2 Å². The first-order valence-corrected chi connectivity index (χ1v) is 9.03. The number of carbonyl (C=O) groups excluding carboxylic acids is 1. The summed E-state index contributed by atoms with van der Waals surface area (Å²) >= 11 is 0. The molecule has 1 aromatic carbocycles. The molecule has 1 aliphatic heterocycles. The first-order chi connectivity index (χ1) is 9.56. The van der Waals surface area contributed by atoms with Crippen molar-refractivity contribution in [3.63, 3.8) is 0 Å². The van der Waals surface area contributed by atoms with Crippen molar-refractivity contribution in [1.29, 1.82) is 0 Å². The molecule has 0 fully saturated rings. The average molecular weight is 298 g/mol. The molecule has 0 saturated carbocycles. The van der Waals surface area contributed by atoms with E-state index in [0.717, 1.165) is 17.7 Å². The number of fused-ring (bicyclic) bond motifs is 1. The van der Waals surface area contributed by atoms with Gasteiger partial charge in [0, 0.05) is 24.8 Å². The predicted octanol–water partition coefficient (Wildman–Crippen LogP) is 2.42. The van der Waals surface area contributed by atoms with Crippen LogP contribution in [0, 0.1) is 5.82 Å². The summed E-state index contributed by atoms with van der Waals surface area (Å²) in [5.74, 6) is 1.49. The number of rotatable bonds is 5. The second-order valence-electron chi connectivity index (χ2n) is 5.23. The van der Waals surface area contributed by atoms with Crippen LogP contribution in [0.15, 0.2) is 18.2 Å². The van der Waals surface area contributed by atoms with Crippen molar-refractivity contribution in [3.05, 3.63) is 29.6 Å². The van der Waals surface area contributed by atoms with E-state index in [2.05, 4.69) is 17.8 Å². The van der Waals surface area contributed by atoms with E-state index in [0.29, 0.717) is 36.1 Å². The standard InChI is InChI=1S/C15H20FNO2S/c1-20(2)9-3-4-15(18)17-13-7-8-19-14-6-5-11(16)10-12(13)14/h5-6,10,13H,3-4,7-9H2,1-2H3/p+1. The van der Waals surface area contributed by atoms with Crippen LogP contribution in [0.25, 0.3) is 0 Å². The van der Waals surface area contributed by atoms with E-state index in [4.69, 9.17) is 4.74 Å². The smallest absolute Gasteiger partial charge is 0.220 e. The minimum absolute atomic E-state index is 0.0394. The van der Waals surface area contributed by atoms with Crippen LogP contribution in [-0.2, 0) is 15.7 Å². The molecule has 0 aromatic heterocycles. The molecule has 5 heteroatoms. The van der Waals surface area contributed by atoms with Crippen molar-refractivity contribution >= 4 is 16.8 Å². The molecule has 0 aliphatic carbocycles. The van der Waals surface area contributed by atoms with E-state index in [1.165, 1.54) is 12.1 Å². The maximum atomic E-state index is 13.3. The molecule has 1 aromatic rings. The zero-order valence-corrected chi connectivity index (χ0v) is 12.8. The monoisotopic (exact) mass is 298 g/mol. The second kappa shape index (κ2) is 6.97. The summed E-state index contributed by atoms with van der Waals surface area (Å²) in [5.41, 5.74) is 0.746. The van der Waals surface area contributed by atoms with Crippen LogP contribution in [0.4, 0.5) is 4.39 Å². The molecule has 110 valence electrons. The number of amides is 1. The average Bonchev–Trinajstić information content (AvgIpc) is 2.39. The van der Waals surface area contributed by atoms with Gasteiger partial charge in [0.2, 0.25) is 5.91 Å². The van der Waals surface area contributed by atoms with Crippen LogP contribution < -0.4 is 10.1 Å². The number of ether oxygens (including phenoxy) is 1. The third-order valence-electron chi connectivity index (χ3n) is 3.30. The van der Waals surface area contributed by atoms with Crippen LogP contribution in [0.3, 0.4) is 0 Å². The fourth-order valence-corrected chi connectivity index (χ4v) is 3.02. The maximum Gasteiger partial charge on any atom is 0.220 e. The lowest BCUT2D eigenvalue weighted by Crippen LogP contribution is -2.32. The normalized spacial score (nSPS) is 17.5. The Hall–Kier alpha value is -1.23. The minimum Gasteiger partial charge on any atom is -0.493 e. The van der Waals surface area contributed by atoms with Gasteiger partial charge in [-0.15, -0.1) is 0 Å². The highest BCUT2D eigenvalue weighted by molar-refractivity contribution is 7.95. The van der Waals surface area contributed by atoms with E-state index in [-0.39, 0.29) is 17.8 Å². The molecule has 1 atom stereocenters. The molecule has 0 bridgehead atoms. The highest BCUT2D eigenvalue weighted by atomic mass is 32.2. The van der Waals surface area contributed by atoms with Crippen LogP contribution in [0.5, 0.6) is 5.75 Å². The van der Waals surface area contributed by atoms with Crippen LogP contribution in [0.1, 0.15) is 30.9 Å². The second-order valence-corrected chi connectivity index (χ2v) is 7.61. The molecular formula is C15H21FNO2S+. The number of nitrogens with one attached hydrogen (secondary N) is 1. The summed E-state index contributed by atoms with van der Waals surface area (Å²) in [6.07, 6.45) is 6.48. The Morgan fingerprint density at radius 2 is 2.30 bits per heavy atom. The van der Waals surface area contributed by atoms with Crippen molar-refractivity contribution in [2.24, 2.45) is 0 Å². The van der Waals surface area contributed by atoms with Gasteiger partial charge in [-0.3, -0.25) is 4.79 Å². The molecular weight excluding hydrogens is 277 g/mol. The Morgan fingerprint density at radius 1 is 1.50 bits per heavy atom. The first kappa shape index (κ1) is 15.2. The quantitative estimate of drug-likeness (QED) is 0.848. The zero-order chi connectivity index (χ0) is 14.5. The van der Waals surface area contributed by atoms with E-state index < -0.39 is 0 Å². The first-order valence-electron chi connectivity index (χ1n) is 6.82. The Kier molecular flexibility index (Phi) is 5.29. The Morgan fingerprint density at radius 3 is 3.05 bits per heavy atom. The lowest BCUT2D eigenvalue weighted by molar-refractivity contribution is -0.122. The van der Waals surface area contributed by atoms with Gasteiger partial charge in [-0.1, -0.05) is 0 Å². The lowest BCUT2D eigenvalue weighted by atomic mass is 10.00. The number of benzene rings is 1. The van der Waals surface area contributed by atoms with Gasteiger partial charge in [-0.25, -0.2) is 4.39 Å². The number of halogens is 1. The molecule has 20 heavy (non-hydrogen) atoms. The van der Waals surface area contributed by atoms with Gasteiger partial charge < -0.3 is 10.1 Å². The summed E-state index contributed by atoms with van der Waals surface area (Å²) in [7, 11) is 0.372. The molecule has 1 N–H and O–H groups in total. The van der Waals surface area contributed by atoms with Gasteiger partial charge in [-0.05, 0) is 29.1 Å². The van der Waals surface area contributed by atoms with Crippen LogP contribution >= 0.6 is 0 Å². The van der Waals surface area contributed by atoms with Gasteiger partial charge in [0.15, 0.2) is 0 Å². The zero-order valence-electron chi connectivity index (χ0n) is 11.9. The molecule has 2 rings (SSSR count). The van der Waals surface area contributed by atoms with E-state index in [1.54, 1.807) is 6.07 Å². The van der Waals surface area contributed by atoms with Crippen LogP contribution in [0.2, 0.25) is 0 Å². The van der Waals surface area contributed by atoms with Crippen molar-refractivity contribution < 1.29 is 13.9 Å². The van der Waals surface area contributed by atoms with Crippen molar-refractivity contribution in [3.8, 4) is 5.75 Å². The number of hydrogen-bond donors (Lipinski definition) is 1. The summed E-state index contributed by atoms with van der Waals surface area (Å²) in [5, 5.41) is 2.99. The molecule has 1 heterocycles. The summed E-state index contributed by atoms with van der Waals surface area (Å²) in [4.78, 5) is 11.9. The fraction of sp³-hybridized carbons (Fsp3) is 0.533. The Labute approximate surface area is 122 Å². The Bertz CT molecular complexity index is 479. The predicted molar refractivity (Wildman–Crippen MR) is 80.7 cm³/mol. The molecule has 3 nitrogen and oxygen atoms in total. The molecule has 0 radical (unpaired) electrons. The summed E-state index contributed by atoms with van der Waals surface area (Å²) in [6, 6.07) is 4.33. The van der Waals surface area contributed by atoms with Crippen molar-refractivity contribution in [1.82, 2.24) is 5.32 Å². The SMILES string of the molecule is C[S+](C)CCCC(=O)NC1CCOc2ccc(F)cc21. The van der Waals surface area contributed by atoms with E-state index >= 15 is 0 Å².